The minimum absolute atomic E-state index is 0.0150. The fourth-order valence-corrected chi connectivity index (χ4v) is 1.37. The number of hydrogen-bond donors (Lipinski definition) is 0. The Balaban J connectivity index is 2.53. The zero-order valence-corrected chi connectivity index (χ0v) is 8.04. The summed E-state index contributed by atoms with van der Waals surface area (Å²) >= 11 is 0. The highest BCUT2D eigenvalue weighted by Crippen LogP contribution is 2.09. The average molecular weight is 171 g/mol. The van der Waals surface area contributed by atoms with Gasteiger partial charge in [0.1, 0.15) is 0 Å². The first-order chi connectivity index (χ1) is 5.63. The highest BCUT2D eigenvalue weighted by atomic mass is 16.5. The molecule has 0 aromatic heterocycles. The van der Waals surface area contributed by atoms with E-state index in [9.17, 15) is 4.79 Å². The quantitative estimate of drug-likeness (QED) is 0.607. The number of ether oxygens (including phenoxy) is 1. The molecule has 0 aromatic carbocycles. The van der Waals surface area contributed by atoms with Crippen molar-refractivity contribution in [2.24, 2.45) is 5.92 Å². The van der Waals surface area contributed by atoms with Gasteiger partial charge in [0, 0.05) is 12.5 Å². The molecule has 1 aliphatic rings. The van der Waals surface area contributed by atoms with Gasteiger partial charge >= 0.3 is 0 Å². The number of carbonyl (C=O) groups is 1. The van der Waals surface area contributed by atoms with Gasteiger partial charge in [0.25, 0.3) is 0 Å². The normalized spacial score (nSPS) is 26.2. The molecule has 0 aliphatic carbocycles. The molecule has 0 amide bonds. The minimum Gasteiger partial charge on any atom is -0.378 e. The van der Waals surface area contributed by atoms with Crippen LogP contribution in [0.4, 0.5) is 0 Å². The van der Waals surface area contributed by atoms with Crippen LogP contribution in [0.3, 0.4) is 0 Å². The Labute approximate surface area is 73.7 Å². The van der Waals surface area contributed by atoms with E-state index in [-0.39, 0.29) is 17.7 Å². The summed E-state index contributed by atoms with van der Waals surface area (Å²) in [4.78, 5) is 13.7. The van der Waals surface area contributed by atoms with Crippen molar-refractivity contribution in [1.82, 2.24) is 4.90 Å². The molecule has 1 aliphatic heterocycles. The van der Waals surface area contributed by atoms with E-state index in [1.165, 1.54) is 0 Å². The van der Waals surface area contributed by atoms with Gasteiger partial charge in [0.2, 0.25) is 0 Å². The highest BCUT2D eigenvalue weighted by Gasteiger charge is 2.27. The van der Waals surface area contributed by atoms with Gasteiger partial charge in [-0.3, -0.25) is 9.69 Å². The Morgan fingerprint density at radius 2 is 2.25 bits per heavy atom. The third-order valence-electron chi connectivity index (χ3n) is 2.29. The Bertz CT molecular complexity index is 168. The van der Waals surface area contributed by atoms with Gasteiger partial charge in [-0.2, -0.15) is 0 Å². The molecule has 3 nitrogen and oxygen atoms in total. The van der Waals surface area contributed by atoms with Gasteiger partial charge in [0.05, 0.1) is 19.3 Å². The van der Waals surface area contributed by atoms with Crippen molar-refractivity contribution in [3.05, 3.63) is 0 Å². The van der Waals surface area contributed by atoms with Crippen LogP contribution in [0.15, 0.2) is 0 Å². The van der Waals surface area contributed by atoms with Crippen LogP contribution in [-0.4, -0.2) is 43.5 Å². The van der Waals surface area contributed by atoms with Crippen molar-refractivity contribution in [1.29, 1.82) is 0 Å². The Morgan fingerprint density at radius 1 is 1.58 bits per heavy atom. The number of Topliss-reactive ketones (excluding diaryl/α,β-unsaturated/α-hetero) is 1. The second-order valence-corrected chi connectivity index (χ2v) is 3.63. The van der Waals surface area contributed by atoms with Crippen molar-refractivity contribution in [3.63, 3.8) is 0 Å². The van der Waals surface area contributed by atoms with Crippen molar-refractivity contribution < 1.29 is 9.53 Å². The summed E-state index contributed by atoms with van der Waals surface area (Å²) in [6.07, 6.45) is 0. The second kappa shape index (κ2) is 4.01. The van der Waals surface area contributed by atoms with Crippen molar-refractivity contribution in [2.45, 2.75) is 19.9 Å². The number of likely N-dealkylation sites (N-methyl/N-ethyl adjacent to an activating group) is 1. The van der Waals surface area contributed by atoms with E-state index in [1.54, 1.807) is 0 Å². The summed E-state index contributed by atoms with van der Waals surface area (Å²) in [6.45, 7) is 6.05. The van der Waals surface area contributed by atoms with Crippen LogP contribution in [-0.2, 0) is 9.53 Å². The number of morpholine rings is 1. The maximum absolute atomic E-state index is 11.6. The topological polar surface area (TPSA) is 29.5 Å². The third-order valence-corrected chi connectivity index (χ3v) is 2.29. The van der Waals surface area contributed by atoms with Crippen LogP contribution >= 0.6 is 0 Å². The second-order valence-electron chi connectivity index (χ2n) is 3.63. The summed E-state index contributed by atoms with van der Waals surface area (Å²) in [7, 11) is 1.98. The molecule has 0 spiro atoms. The van der Waals surface area contributed by atoms with Gasteiger partial charge < -0.3 is 4.74 Å². The maximum atomic E-state index is 11.6. The van der Waals surface area contributed by atoms with Crippen molar-refractivity contribution >= 4 is 5.78 Å². The lowest BCUT2D eigenvalue weighted by molar-refractivity contribution is -0.132. The molecule has 0 radical (unpaired) electrons. The van der Waals surface area contributed by atoms with E-state index < -0.39 is 0 Å². The number of carbonyl (C=O) groups excluding carboxylic acids is 1. The monoisotopic (exact) mass is 171 g/mol. The van der Waals surface area contributed by atoms with Crippen LogP contribution in [0.2, 0.25) is 0 Å². The molecule has 1 unspecified atom stereocenters. The average Bonchev–Trinajstić information content (AvgIpc) is 2.04. The van der Waals surface area contributed by atoms with Gasteiger partial charge in [-0.1, -0.05) is 13.8 Å². The van der Waals surface area contributed by atoms with Crippen LogP contribution in [0, 0.1) is 5.92 Å². The molecule has 3 heteroatoms. The fourth-order valence-electron chi connectivity index (χ4n) is 1.37. The zero-order chi connectivity index (χ0) is 9.14. The Kier molecular flexibility index (Phi) is 3.23. The number of nitrogens with zero attached hydrogens (tertiary/aromatic N) is 1. The molecule has 0 saturated carbocycles. The Hall–Kier alpha value is -0.410. The minimum atomic E-state index is -0.0150. The van der Waals surface area contributed by atoms with E-state index in [2.05, 4.69) is 4.90 Å². The molecule has 1 fully saturated rings. The first-order valence-corrected chi connectivity index (χ1v) is 4.44. The lowest BCUT2D eigenvalue weighted by atomic mass is 10.0. The number of ketones is 1. The van der Waals surface area contributed by atoms with Gasteiger partial charge in [-0.15, -0.1) is 0 Å². The molecule has 0 bridgehead atoms. The van der Waals surface area contributed by atoms with E-state index in [0.29, 0.717) is 6.61 Å². The fraction of sp³-hybridized carbons (Fsp3) is 0.889. The molecular weight excluding hydrogens is 154 g/mol. The van der Waals surface area contributed by atoms with Gasteiger partial charge in [-0.05, 0) is 7.05 Å². The Morgan fingerprint density at radius 3 is 2.75 bits per heavy atom. The standard InChI is InChI=1S/C9H17NO2/c1-7(2)9(11)8-6-12-5-4-10(8)3/h7-8H,4-6H2,1-3H3. The third kappa shape index (κ3) is 2.05. The van der Waals surface area contributed by atoms with Crippen molar-refractivity contribution in [2.75, 3.05) is 26.8 Å². The molecule has 70 valence electrons. The SMILES string of the molecule is CC(C)C(=O)C1COCCN1C. The largest absolute Gasteiger partial charge is 0.378 e. The predicted molar refractivity (Wildman–Crippen MR) is 47.1 cm³/mol. The summed E-state index contributed by atoms with van der Waals surface area (Å²) in [5, 5.41) is 0. The molecule has 1 saturated heterocycles. The van der Waals surface area contributed by atoms with E-state index in [1.807, 2.05) is 20.9 Å². The molecule has 1 rings (SSSR count). The van der Waals surface area contributed by atoms with Gasteiger partial charge in [-0.25, -0.2) is 0 Å². The first-order valence-electron chi connectivity index (χ1n) is 4.44. The lowest BCUT2D eigenvalue weighted by Crippen LogP contribution is -2.48. The predicted octanol–water partition coefficient (Wildman–Crippen LogP) is 0.542. The van der Waals surface area contributed by atoms with Crippen molar-refractivity contribution in [3.8, 4) is 0 Å². The van der Waals surface area contributed by atoms with E-state index >= 15 is 0 Å². The summed E-state index contributed by atoms with van der Waals surface area (Å²) in [6, 6.07) is -0.0150. The van der Waals surface area contributed by atoms with Crippen LogP contribution < -0.4 is 0 Å². The summed E-state index contributed by atoms with van der Waals surface area (Å²) < 4.78 is 5.26. The lowest BCUT2D eigenvalue weighted by Gasteiger charge is -2.32. The highest BCUT2D eigenvalue weighted by molar-refractivity contribution is 5.85. The molecule has 1 heterocycles. The van der Waals surface area contributed by atoms with E-state index in [4.69, 9.17) is 4.74 Å². The smallest absolute Gasteiger partial charge is 0.154 e. The first kappa shape index (κ1) is 9.68. The number of hydrogen-bond acceptors (Lipinski definition) is 3. The van der Waals surface area contributed by atoms with E-state index in [0.717, 1.165) is 13.2 Å². The molecule has 1 atom stereocenters. The van der Waals surface area contributed by atoms with Crippen LogP contribution in [0.1, 0.15) is 13.8 Å². The maximum Gasteiger partial charge on any atom is 0.154 e. The summed E-state index contributed by atoms with van der Waals surface area (Å²) in [5.41, 5.74) is 0. The molecule has 12 heavy (non-hydrogen) atoms. The number of rotatable bonds is 2. The van der Waals surface area contributed by atoms with Crippen LogP contribution in [0.5, 0.6) is 0 Å². The molecule has 0 aromatic rings. The van der Waals surface area contributed by atoms with Crippen LogP contribution in [0.25, 0.3) is 0 Å². The molecular formula is C9H17NO2. The zero-order valence-electron chi connectivity index (χ0n) is 8.04. The van der Waals surface area contributed by atoms with Gasteiger partial charge in [0.15, 0.2) is 5.78 Å². The molecule has 0 N–H and O–H groups in total. The summed E-state index contributed by atoms with van der Waals surface area (Å²) in [5.74, 6) is 0.399.